The van der Waals surface area contributed by atoms with Gasteiger partial charge >= 0.3 is 5.38 Å². The SMILES string of the molecule is OC(Cc1ccc2c(c1)CCC2)C(F)(F)Cl. The summed E-state index contributed by atoms with van der Waals surface area (Å²) in [6.45, 7) is 0. The van der Waals surface area contributed by atoms with E-state index in [1.165, 1.54) is 11.1 Å². The fourth-order valence-corrected chi connectivity index (χ4v) is 2.17. The number of hydrogen-bond acceptors (Lipinski definition) is 1. The summed E-state index contributed by atoms with van der Waals surface area (Å²) in [6, 6.07) is 5.64. The largest absolute Gasteiger partial charge is 0.385 e. The predicted octanol–water partition coefficient (Wildman–Crippen LogP) is 2.91. The summed E-state index contributed by atoms with van der Waals surface area (Å²) in [7, 11) is 0. The molecule has 0 saturated heterocycles. The van der Waals surface area contributed by atoms with Crippen LogP contribution >= 0.6 is 11.6 Å². The molecule has 0 aromatic heterocycles. The van der Waals surface area contributed by atoms with Crippen LogP contribution in [0.15, 0.2) is 18.2 Å². The molecule has 1 atom stereocenters. The molecule has 2 rings (SSSR count). The fraction of sp³-hybridized carbons (Fsp3) is 0.500. The van der Waals surface area contributed by atoms with Crippen LogP contribution in [0.1, 0.15) is 23.1 Å². The summed E-state index contributed by atoms with van der Waals surface area (Å²) in [6.07, 6.45) is 1.24. The van der Waals surface area contributed by atoms with Crippen molar-refractivity contribution in [3.8, 4) is 0 Å². The van der Waals surface area contributed by atoms with Gasteiger partial charge in [-0.05, 0) is 47.6 Å². The van der Waals surface area contributed by atoms with E-state index in [0.717, 1.165) is 19.3 Å². The van der Waals surface area contributed by atoms with Gasteiger partial charge in [-0.3, -0.25) is 0 Å². The summed E-state index contributed by atoms with van der Waals surface area (Å²) < 4.78 is 25.2. The normalized spacial score (nSPS) is 17.2. The first kappa shape index (κ1) is 11.8. The average molecular weight is 247 g/mol. The van der Waals surface area contributed by atoms with Crippen molar-refractivity contribution in [1.29, 1.82) is 0 Å². The highest BCUT2D eigenvalue weighted by molar-refractivity contribution is 6.22. The number of rotatable bonds is 3. The second kappa shape index (κ2) is 4.30. The maximum Gasteiger partial charge on any atom is 0.347 e. The standard InChI is InChI=1S/C12H13ClF2O/c13-12(14,15)11(16)7-8-4-5-9-2-1-3-10(9)6-8/h4-6,11,16H,1-3,7H2. The third-order valence-electron chi connectivity index (χ3n) is 2.97. The smallest absolute Gasteiger partial charge is 0.347 e. The van der Waals surface area contributed by atoms with E-state index in [1.807, 2.05) is 12.1 Å². The molecule has 0 spiro atoms. The Morgan fingerprint density at radius 2 is 2.00 bits per heavy atom. The monoisotopic (exact) mass is 246 g/mol. The Bertz CT molecular complexity index is 387. The summed E-state index contributed by atoms with van der Waals surface area (Å²) >= 11 is 4.77. The van der Waals surface area contributed by atoms with Crippen molar-refractivity contribution in [2.75, 3.05) is 0 Å². The van der Waals surface area contributed by atoms with E-state index in [2.05, 4.69) is 0 Å². The quantitative estimate of drug-likeness (QED) is 0.813. The molecule has 0 aliphatic heterocycles. The summed E-state index contributed by atoms with van der Waals surface area (Å²) in [5.74, 6) is 0. The molecule has 1 aliphatic carbocycles. The first-order valence-corrected chi connectivity index (χ1v) is 5.70. The van der Waals surface area contributed by atoms with E-state index in [0.29, 0.717) is 5.56 Å². The molecule has 16 heavy (non-hydrogen) atoms. The first-order valence-electron chi connectivity index (χ1n) is 5.32. The molecule has 0 bridgehead atoms. The van der Waals surface area contributed by atoms with Crippen LogP contribution < -0.4 is 0 Å². The molecule has 0 radical (unpaired) electrons. The molecule has 1 aromatic rings. The second-order valence-electron chi connectivity index (χ2n) is 4.22. The third-order valence-corrected chi connectivity index (χ3v) is 3.22. The maximum absolute atomic E-state index is 12.6. The predicted molar refractivity (Wildman–Crippen MR) is 59.0 cm³/mol. The zero-order valence-corrected chi connectivity index (χ0v) is 9.47. The topological polar surface area (TPSA) is 20.2 Å². The lowest BCUT2D eigenvalue weighted by Gasteiger charge is -2.16. The van der Waals surface area contributed by atoms with Crippen LogP contribution in [0, 0.1) is 0 Å². The van der Waals surface area contributed by atoms with Gasteiger partial charge in [-0.15, -0.1) is 0 Å². The lowest BCUT2D eigenvalue weighted by Crippen LogP contribution is -2.29. The highest BCUT2D eigenvalue weighted by atomic mass is 35.5. The van der Waals surface area contributed by atoms with Gasteiger partial charge in [0.1, 0.15) is 6.10 Å². The Morgan fingerprint density at radius 1 is 1.31 bits per heavy atom. The Labute approximate surface area is 98.0 Å². The van der Waals surface area contributed by atoms with Gasteiger partial charge in [0.25, 0.3) is 0 Å². The van der Waals surface area contributed by atoms with Gasteiger partial charge in [-0.2, -0.15) is 8.78 Å². The molecule has 1 unspecified atom stereocenters. The molecule has 4 heteroatoms. The van der Waals surface area contributed by atoms with E-state index in [9.17, 15) is 13.9 Å². The number of aliphatic hydroxyl groups excluding tert-OH is 1. The molecule has 88 valence electrons. The van der Waals surface area contributed by atoms with E-state index < -0.39 is 11.5 Å². The fourth-order valence-electron chi connectivity index (χ4n) is 2.09. The van der Waals surface area contributed by atoms with Crippen molar-refractivity contribution < 1.29 is 13.9 Å². The van der Waals surface area contributed by atoms with E-state index in [4.69, 9.17) is 11.6 Å². The molecule has 1 N–H and O–H groups in total. The van der Waals surface area contributed by atoms with Crippen molar-refractivity contribution in [2.45, 2.75) is 37.2 Å². The summed E-state index contributed by atoms with van der Waals surface area (Å²) in [5.41, 5.74) is 3.21. The molecule has 0 fully saturated rings. The average Bonchev–Trinajstić information content (AvgIpc) is 2.63. The van der Waals surface area contributed by atoms with Gasteiger partial charge in [0.05, 0.1) is 0 Å². The van der Waals surface area contributed by atoms with Gasteiger partial charge in [0.2, 0.25) is 0 Å². The van der Waals surface area contributed by atoms with E-state index >= 15 is 0 Å². The molecule has 0 heterocycles. The molecular weight excluding hydrogens is 234 g/mol. The van der Waals surface area contributed by atoms with Gasteiger partial charge in [-0.25, -0.2) is 0 Å². The number of halogens is 3. The van der Waals surface area contributed by atoms with Crippen LogP contribution in [0.3, 0.4) is 0 Å². The van der Waals surface area contributed by atoms with Crippen LogP contribution in [0.5, 0.6) is 0 Å². The van der Waals surface area contributed by atoms with Gasteiger partial charge < -0.3 is 5.11 Å². The van der Waals surface area contributed by atoms with E-state index in [-0.39, 0.29) is 6.42 Å². The number of aryl methyl sites for hydroxylation is 2. The Kier molecular flexibility index (Phi) is 3.17. The minimum absolute atomic E-state index is 0.107. The Morgan fingerprint density at radius 3 is 2.69 bits per heavy atom. The third kappa shape index (κ3) is 2.53. The van der Waals surface area contributed by atoms with Crippen molar-refractivity contribution in [3.63, 3.8) is 0 Å². The van der Waals surface area contributed by atoms with Crippen molar-refractivity contribution >= 4 is 11.6 Å². The van der Waals surface area contributed by atoms with Crippen LogP contribution in [-0.2, 0) is 19.3 Å². The lowest BCUT2D eigenvalue weighted by atomic mass is 10.0. The zero-order chi connectivity index (χ0) is 11.8. The van der Waals surface area contributed by atoms with Crippen molar-refractivity contribution in [2.24, 2.45) is 0 Å². The molecule has 0 saturated carbocycles. The highest BCUT2D eigenvalue weighted by Gasteiger charge is 2.35. The molecule has 0 amide bonds. The summed E-state index contributed by atoms with van der Waals surface area (Å²) in [5, 5.41) is 5.65. The molecule has 1 nitrogen and oxygen atoms in total. The lowest BCUT2D eigenvalue weighted by molar-refractivity contribution is -0.0397. The van der Waals surface area contributed by atoms with Gasteiger partial charge in [-0.1, -0.05) is 18.2 Å². The summed E-state index contributed by atoms with van der Waals surface area (Å²) in [4.78, 5) is 0. The maximum atomic E-state index is 12.6. The van der Waals surface area contributed by atoms with Crippen molar-refractivity contribution in [1.82, 2.24) is 0 Å². The molecule has 1 aliphatic rings. The Balaban J connectivity index is 2.11. The van der Waals surface area contributed by atoms with Crippen LogP contribution in [0.2, 0.25) is 0 Å². The highest BCUT2D eigenvalue weighted by Crippen LogP contribution is 2.28. The van der Waals surface area contributed by atoms with Crippen LogP contribution in [0.4, 0.5) is 8.78 Å². The number of hydrogen-bond donors (Lipinski definition) is 1. The number of benzene rings is 1. The minimum atomic E-state index is -3.56. The van der Waals surface area contributed by atoms with Crippen LogP contribution in [-0.4, -0.2) is 16.6 Å². The molecular formula is C12H13ClF2O. The van der Waals surface area contributed by atoms with Gasteiger partial charge in [0.15, 0.2) is 0 Å². The minimum Gasteiger partial charge on any atom is -0.385 e. The number of alkyl halides is 3. The van der Waals surface area contributed by atoms with E-state index in [1.54, 1.807) is 6.07 Å². The Hall–Kier alpha value is -0.670. The number of fused-ring (bicyclic) bond motifs is 1. The number of aliphatic hydroxyl groups is 1. The van der Waals surface area contributed by atoms with Gasteiger partial charge in [0, 0.05) is 6.42 Å². The van der Waals surface area contributed by atoms with Crippen LogP contribution in [0.25, 0.3) is 0 Å². The van der Waals surface area contributed by atoms with Crippen molar-refractivity contribution in [3.05, 3.63) is 34.9 Å². The second-order valence-corrected chi connectivity index (χ2v) is 4.72. The zero-order valence-electron chi connectivity index (χ0n) is 8.72. The molecule has 1 aromatic carbocycles. The first-order chi connectivity index (χ1) is 7.47.